The van der Waals surface area contributed by atoms with Crippen LogP contribution in [0.1, 0.15) is 27.5 Å². The van der Waals surface area contributed by atoms with E-state index in [0.717, 1.165) is 5.69 Å². The number of carboxylic acid groups (broad SMARTS) is 1. The second kappa shape index (κ2) is 6.55. The molecule has 1 aliphatic heterocycles. The van der Waals surface area contributed by atoms with Crippen LogP contribution in [0.4, 0.5) is 5.69 Å². The van der Waals surface area contributed by atoms with Gasteiger partial charge in [0.1, 0.15) is 5.92 Å². The molecule has 27 heavy (non-hydrogen) atoms. The van der Waals surface area contributed by atoms with E-state index >= 15 is 0 Å². The first-order valence-electron chi connectivity index (χ1n) is 8.41. The quantitative estimate of drug-likeness (QED) is 0.751. The van der Waals surface area contributed by atoms with Crippen LogP contribution < -0.4 is 4.90 Å². The minimum atomic E-state index is -0.941. The third-order valence-corrected chi connectivity index (χ3v) is 5.04. The number of fused-ring (bicyclic) bond motifs is 1. The van der Waals surface area contributed by atoms with Gasteiger partial charge in [-0.1, -0.05) is 35.9 Å². The second-order valence-corrected chi connectivity index (χ2v) is 6.84. The van der Waals surface area contributed by atoms with Gasteiger partial charge in [0.25, 0.3) is 5.91 Å². The van der Waals surface area contributed by atoms with Gasteiger partial charge in [-0.25, -0.2) is 4.68 Å². The van der Waals surface area contributed by atoms with E-state index in [4.69, 9.17) is 11.6 Å². The van der Waals surface area contributed by atoms with Gasteiger partial charge in [-0.05, 0) is 36.8 Å². The lowest BCUT2D eigenvalue weighted by atomic mass is 10.0. The van der Waals surface area contributed by atoms with Crippen molar-refractivity contribution >= 4 is 29.2 Å². The van der Waals surface area contributed by atoms with Crippen molar-refractivity contribution in [3.05, 3.63) is 76.6 Å². The van der Waals surface area contributed by atoms with Crippen molar-refractivity contribution in [2.75, 3.05) is 11.4 Å². The van der Waals surface area contributed by atoms with Gasteiger partial charge in [-0.3, -0.25) is 9.59 Å². The molecular weight excluding hydrogens is 366 g/mol. The van der Waals surface area contributed by atoms with Gasteiger partial charge in [-0.2, -0.15) is 5.10 Å². The van der Waals surface area contributed by atoms with E-state index in [-0.39, 0.29) is 12.5 Å². The fraction of sp³-hybridized carbons (Fsp3) is 0.150. The summed E-state index contributed by atoms with van der Waals surface area (Å²) in [6, 6.07) is 14.3. The highest BCUT2D eigenvalue weighted by Crippen LogP contribution is 2.37. The number of para-hydroxylation sites is 1. The molecule has 7 heteroatoms. The Kier molecular flexibility index (Phi) is 4.20. The largest absolute Gasteiger partial charge is 0.481 e. The zero-order valence-electron chi connectivity index (χ0n) is 14.5. The molecule has 3 aromatic rings. The Morgan fingerprint density at radius 1 is 1.19 bits per heavy atom. The molecule has 0 radical (unpaired) electrons. The highest BCUT2D eigenvalue weighted by molar-refractivity contribution is 6.30. The Balaban J connectivity index is 1.72. The number of hydrogen-bond donors (Lipinski definition) is 1. The molecule has 0 bridgehead atoms. The van der Waals surface area contributed by atoms with Crippen LogP contribution in [0.2, 0.25) is 5.02 Å². The summed E-state index contributed by atoms with van der Waals surface area (Å²) in [5.41, 5.74) is 3.13. The smallest absolute Gasteiger partial charge is 0.312 e. The Labute approximate surface area is 160 Å². The average Bonchev–Trinajstić information content (AvgIpc) is 3.22. The van der Waals surface area contributed by atoms with Gasteiger partial charge < -0.3 is 10.0 Å². The number of anilines is 1. The highest BCUT2D eigenvalue weighted by Gasteiger charge is 2.37. The molecule has 0 saturated carbocycles. The first-order valence-corrected chi connectivity index (χ1v) is 8.79. The third kappa shape index (κ3) is 2.88. The van der Waals surface area contributed by atoms with Crippen LogP contribution in [-0.4, -0.2) is 33.3 Å². The summed E-state index contributed by atoms with van der Waals surface area (Å²) in [5, 5.41) is 14.4. The second-order valence-electron chi connectivity index (χ2n) is 6.40. The molecule has 1 aliphatic rings. The number of aromatic nitrogens is 2. The van der Waals surface area contributed by atoms with E-state index in [9.17, 15) is 14.7 Å². The number of halogens is 1. The maximum Gasteiger partial charge on any atom is 0.312 e. The lowest BCUT2D eigenvalue weighted by Crippen LogP contribution is -2.31. The molecule has 1 atom stereocenters. The lowest BCUT2D eigenvalue weighted by molar-refractivity contribution is -0.138. The number of benzene rings is 2. The zero-order chi connectivity index (χ0) is 19.1. The topological polar surface area (TPSA) is 75.4 Å². The summed E-state index contributed by atoms with van der Waals surface area (Å²) in [4.78, 5) is 26.3. The molecule has 1 N–H and O–H groups in total. The number of carbonyl (C=O) groups is 2. The minimum Gasteiger partial charge on any atom is -0.481 e. The van der Waals surface area contributed by atoms with Crippen molar-refractivity contribution < 1.29 is 14.7 Å². The van der Waals surface area contributed by atoms with Crippen LogP contribution in [0.15, 0.2) is 54.7 Å². The number of carbonyl (C=O) groups excluding carboxylic acids is 1. The summed E-state index contributed by atoms with van der Waals surface area (Å²) in [6.07, 6.45) is 1.51. The lowest BCUT2D eigenvalue weighted by Gasteiger charge is -2.17. The standard InChI is InChI=1S/C20H16ClN3O3/c1-12-16(10-22-24(12)14-6-4-5-13(21)9-14)19(25)23-11-17(20(26)27)15-7-2-3-8-18(15)23/h2-10,17H,11H2,1H3,(H,26,27). The van der Waals surface area contributed by atoms with Gasteiger partial charge in [0.05, 0.1) is 23.1 Å². The predicted octanol–water partition coefficient (Wildman–Crippen LogP) is 3.66. The molecular formula is C20H16ClN3O3. The Morgan fingerprint density at radius 3 is 2.70 bits per heavy atom. The maximum absolute atomic E-state index is 13.2. The molecule has 136 valence electrons. The molecule has 2 aromatic carbocycles. The Hall–Kier alpha value is -3.12. The SMILES string of the molecule is Cc1c(C(=O)N2CC(C(=O)O)c3ccccc32)cnn1-c1cccc(Cl)c1. The monoisotopic (exact) mass is 381 g/mol. The van der Waals surface area contributed by atoms with Gasteiger partial charge in [-0.15, -0.1) is 0 Å². The highest BCUT2D eigenvalue weighted by atomic mass is 35.5. The fourth-order valence-corrected chi connectivity index (χ4v) is 3.63. The first-order chi connectivity index (χ1) is 13.0. The summed E-state index contributed by atoms with van der Waals surface area (Å²) >= 11 is 6.05. The third-order valence-electron chi connectivity index (χ3n) is 4.80. The van der Waals surface area contributed by atoms with Crippen molar-refractivity contribution in [3.8, 4) is 5.69 Å². The van der Waals surface area contributed by atoms with Crippen LogP contribution in [0, 0.1) is 6.92 Å². The van der Waals surface area contributed by atoms with E-state index in [1.54, 1.807) is 48.0 Å². The van der Waals surface area contributed by atoms with Crippen molar-refractivity contribution in [3.63, 3.8) is 0 Å². The number of amides is 1. The van der Waals surface area contributed by atoms with Crippen molar-refractivity contribution in [1.82, 2.24) is 9.78 Å². The van der Waals surface area contributed by atoms with E-state index < -0.39 is 11.9 Å². The van der Waals surface area contributed by atoms with Crippen LogP contribution in [0.25, 0.3) is 5.69 Å². The molecule has 1 amide bonds. The normalized spacial score (nSPS) is 15.6. The van der Waals surface area contributed by atoms with Gasteiger partial charge in [0.15, 0.2) is 0 Å². The number of aliphatic carboxylic acids is 1. The number of hydrogen-bond acceptors (Lipinski definition) is 3. The first kappa shape index (κ1) is 17.3. The molecule has 0 aliphatic carbocycles. The van der Waals surface area contributed by atoms with Gasteiger partial charge in [0.2, 0.25) is 0 Å². The van der Waals surface area contributed by atoms with Crippen molar-refractivity contribution in [2.45, 2.75) is 12.8 Å². The van der Waals surface area contributed by atoms with Gasteiger partial charge >= 0.3 is 5.97 Å². The molecule has 1 unspecified atom stereocenters. The average molecular weight is 382 g/mol. The number of nitrogens with zero attached hydrogens (tertiary/aromatic N) is 3. The summed E-state index contributed by atoms with van der Waals surface area (Å²) in [5.74, 6) is -1.94. The van der Waals surface area contributed by atoms with E-state index in [0.29, 0.717) is 27.5 Å². The summed E-state index contributed by atoms with van der Waals surface area (Å²) < 4.78 is 1.65. The van der Waals surface area contributed by atoms with E-state index in [1.807, 2.05) is 12.1 Å². The summed E-state index contributed by atoms with van der Waals surface area (Å²) in [6.45, 7) is 1.91. The molecule has 0 spiro atoms. The van der Waals surface area contributed by atoms with Crippen molar-refractivity contribution in [2.24, 2.45) is 0 Å². The molecule has 4 rings (SSSR count). The summed E-state index contributed by atoms with van der Waals surface area (Å²) in [7, 11) is 0. The van der Waals surface area contributed by atoms with Crippen LogP contribution in [-0.2, 0) is 4.79 Å². The van der Waals surface area contributed by atoms with E-state index in [2.05, 4.69) is 5.10 Å². The van der Waals surface area contributed by atoms with Gasteiger partial charge in [0, 0.05) is 17.3 Å². The number of carboxylic acids is 1. The Bertz CT molecular complexity index is 1060. The molecule has 1 aromatic heterocycles. The molecule has 0 fully saturated rings. The minimum absolute atomic E-state index is 0.106. The van der Waals surface area contributed by atoms with Crippen molar-refractivity contribution in [1.29, 1.82) is 0 Å². The Morgan fingerprint density at radius 2 is 1.96 bits per heavy atom. The fourth-order valence-electron chi connectivity index (χ4n) is 3.44. The molecule has 6 nitrogen and oxygen atoms in total. The zero-order valence-corrected chi connectivity index (χ0v) is 15.2. The van der Waals surface area contributed by atoms with Crippen LogP contribution in [0.3, 0.4) is 0 Å². The van der Waals surface area contributed by atoms with Crippen LogP contribution in [0.5, 0.6) is 0 Å². The molecule has 2 heterocycles. The van der Waals surface area contributed by atoms with Crippen LogP contribution >= 0.6 is 11.6 Å². The molecule has 0 saturated heterocycles. The predicted molar refractivity (Wildman–Crippen MR) is 102 cm³/mol. The maximum atomic E-state index is 13.2. The van der Waals surface area contributed by atoms with E-state index in [1.165, 1.54) is 11.1 Å². The number of rotatable bonds is 3.